The lowest BCUT2D eigenvalue weighted by molar-refractivity contribution is -0.137. The van der Waals surface area contributed by atoms with Crippen molar-refractivity contribution in [2.75, 3.05) is 26.2 Å². The molecule has 6 heteroatoms. The van der Waals surface area contributed by atoms with Gasteiger partial charge in [-0.3, -0.25) is 9.69 Å². The number of amides is 2. The average Bonchev–Trinajstić information content (AvgIpc) is 2.27. The summed E-state index contributed by atoms with van der Waals surface area (Å²) in [6.07, 6.45) is -0.0439. The molecule has 0 radical (unpaired) electrons. The zero-order valence-electron chi connectivity index (χ0n) is 11.3. The van der Waals surface area contributed by atoms with E-state index in [1.807, 2.05) is 0 Å². The maximum absolute atomic E-state index is 11.9. The van der Waals surface area contributed by atoms with E-state index in [-0.39, 0.29) is 18.5 Å². The summed E-state index contributed by atoms with van der Waals surface area (Å²) in [7, 11) is 0. The lowest BCUT2D eigenvalue weighted by Gasteiger charge is -2.37. The van der Waals surface area contributed by atoms with Gasteiger partial charge in [0.1, 0.15) is 0 Å². The molecule has 1 aliphatic rings. The van der Waals surface area contributed by atoms with Crippen LogP contribution in [0.5, 0.6) is 0 Å². The lowest BCUT2D eigenvalue weighted by atomic mass is 10.2. The molecule has 1 atom stereocenters. The van der Waals surface area contributed by atoms with E-state index >= 15 is 0 Å². The molecule has 1 heterocycles. The zero-order valence-corrected chi connectivity index (χ0v) is 11.3. The van der Waals surface area contributed by atoms with Crippen LogP contribution in [0.3, 0.4) is 0 Å². The van der Waals surface area contributed by atoms with Gasteiger partial charge in [0.05, 0.1) is 6.42 Å². The minimum absolute atomic E-state index is 0.0439. The Kier molecular flexibility index (Phi) is 5.40. The van der Waals surface area contributed by atoms with E-state index in [9.17, 15) is 9.59 Å². The van der Waals surface area contributed by atoms with E-state index in [2.05, 4.69) is 24.1 Å². The summed E-state index contributed by atoms with van der Waals surface area (Å²) in [6.45, 7) is 9.14. The molecule has 0 aliphatic carbocycles. The predicted octanol–water partition coefficient (Wildman–Crippen LogP) is 0.585. The molecule has 104 valence electrons. The quantitative estimate of drug-likeness (QED) is 0.773. The summed E-state index contributed by atoms with van der Waals surface area (Å²) < 4.78 is 0. The molecule has 1 aliphatic heterocycles. The number of nitrogens with zero attached hydrogens (tertiary/aromatic N) is 2. The van der Waals surface area contributed by atoms with Crippen molar-refractivity contribution >= 4 is 12.0 Å². The van der Waals surface area contributed by atoms with Crippen molar-refractivity contribution in [3.05, 3.63) is 0 Å². The smallest absolute Gasteiger partial charge is 0.317 e. The SMILES string of the molecule is CC(CC(=O)O)NC(=O)N1CCN(C(C)C)CC1. The third-order valence-electron chi connectivity index (χ3n) is 3.18. The van der Waals surface area contributed by atoms with Gasteiger partial charge in [-0.15, -0.1) is 0 Å². The number of urea groups is 1. The van der Waals surface area contributed by atoms with Crippen molar-refractivity contribution in [2.45, 2.75) is 39.3 Å². The first kappa shape index (κ1) is 14.8. The van der Waals surface area contributed by atoms with E-state index in [0.717, 1.165) is 13.1 Å². The largest absolute Gasteiger partial charge is 0.481 e. The second-order valence-electron chi connectivity index (χ2n) is 5.07. The van der Waals surface area contributed by atoms with Crippen LogP contribution in [-0.4, -0.2) is 65.2 Å². The molecule has 2 amide bonds. The summed E-state index contributed by atoms with van der Waals surface area (Å²) in [5, 5.41) is 11.3. The summed E-state index contributed by atoms with van der Waals surface area (Å²) >= 11 is 0. The molecule has 1 rings (SSSR count). The monoisotopic (exact) mass is 257 g/mol. The summed E-state index contributed by atoms with van der Waals surface area (Å²) in [6, 6.07) is 0.00595. The van der Waals surface area contributed by atoms with Gasteiger partial charge in [-0.2, -0.15) is 0 Å². The molecule has 0 saturated carbocycles. The van der Waals surface area contributed by atoms with Gasteiger partial charge in [-0.1, -0.05) is 0 Å². The summed E-state index contributed by atoms with van der Waals surface area (Å²) in [5.74, 6) is -0.896. The minimum Gasteiger partial charge on any atom is -0.481 e. The van der Waals surface area contributed by atoms with Gasteiger partial charge in [0.25, 0.3) is 0 Å². The molecule has 0 aromatic rings. The highest BCUT2D eigenvalue weighted by molar-refractivity contribution is 5.76. The van der Waals surface area contributed by atoms with Crippen molar-refractivity contribution < 1.29 is 14.7 Å². The van der Waals surface area contributed by atoms with E-state index in [1.165, 1.54) is 0 Å². The van der Waals surface area contributed by atoms with Crippen molar-refractivity contribution in [1.82, 2.24) is 15.1 Å². The number of piperazine rings is 1. The second kappa shape index (κ2) is 6.58. The number of hydrogen-bond acceptors (Lipinski definition) is 3. The molecule has 1 fully saturated rings. The molecule has 2 N–H and O–H groups in total. The third kappa shape index (κ3) is 4.52. The summed E-state index contributed by atoms with van der Waals surface area (Å²) in [4.78, 5) is 26.5. The van der Waals surface area contributed by atoms with Gasteiger partial charge in [-0.05, 0) is 20.8 Å². The Balaban J connectivity index is 2.34. The normalized spacial score (nSPS) is 18.8. The van der Waals surface area contributed by atoms with Gasteiger partial charge < -0.3 is 15.3 Å². The van der Waals surface area contributed by atoms with Gasteiger partial charge in [-0.25, -0.2) is 4.79 Å². The highest BCUT2D eigenvalue weighted by atomic mass is 16.4. The van der Waals surface area contributed by atoms with Crippen molar-refractivity contribution in [3.8, 4) is 0 Å². The van der Waals surface area contributed by atoms with Gasteiger partial charge >= 0.3 is 12.0 Å². The fourth-order valence-corrected chi connectivity index (χ4v) is 2.06. The Bertz CT molecular complexity index is 299. The minimum atomic E-state index is -0.896. The first-order chi connectivity index (χ1) is 8.40. The molecule has 0 aromatic heterocycles. The molecule has 0 bridgehead atoms. The predicted molar refractivity (Wildman–Crippen MR) is 68.5 cm³/mol. The Morgan fingerprint density at radius 2 is 1.72 bits per heavy atom. The maximum atomic E-state index is 11.9. The van der Waals surface area contributed by atoms with E-state index < -0.39 is 5.97 Å². The van der Waals surface area contributed by atoms with Crippen molar-refractivity contribution in [2.24, 2.45) is 0 Å². The van der Waals surface area contributed by atoms with Gasteiger partial charge in [0.15, 0.2) is 0 Å². The molecule has 1 saturated heterocycles. The first-order valence-electron chi connectivity index (χ1n) is 6.41. The highest BCUT2D eigenvalue weighted by Gasteiger charge is 2.23. The number of carbonyl (C=O) groups excluding carboxylic acids is 1. The van der Waals surface area contributed by atoms with Crippen LogP contribution in [0.2, 0.25) is 0 Å². The number of carboxylic acids is 1. The molecule has 18 heavy (non-hydrogen) atoms. The van der Waals surface area contributed by atoms with Crippen LogP contribution in [0.1, 0.15) is 27.2 Å². The Morgan fingerprint density at radius 3 is 2.17 bits per heavy atom. The van der Waals surface area contributed by atoms with E-state index in [1.54, 1.807) is 11.8 Å². The Hall–Kier alpha value is -1.30. The molecule has 0 aromatic carbocycles. The Morgan fingerprint density at radius 1 is 1.17 bits per heavy atom. The van der Waals surface area contributed by atoms with Crippen LogP contribution in [0.4, 0.5) is 4.79 Å². The van der Waals surface area contributed by atoms with Gasteiger partial charge in [0, 0.05) is 38.3 Å². The standard InChI is InChI=1S/C12H23N3O3/c1-9(2)14-4-6-15(7-5-14)12(18)13-10(3)8-11(16)17/h9-10H,4-8H2,1-3H3,(H,13,18)(H,16,17). The fourth-order valence-electron chi connectivity index (χ4n) is 2.06. The van der Waals surface area contributed by atoms with Crippen LogP contribution in [-0.2, 0) is 4.79 Å². The van der Waals surface area contributed by atoms with Crippen molar-refractivity contribution in [1.29, 1.82) is 0 Å². The van der Waals surface area contributed by atoms with Crippen LogP contribution in [0, 0.1) is 0 Å². The van der Waals surface area contributed by atoms with E-state index in [4.69, 9.17) is 5.11 Å². The van der Waals surface area contributed by atoms with Crippen LogP contribution in [0.25, 0.3) is 0 Å². The van der Waals surface area contributed by atoms with Gasteiger partial charge in [0.2, 0.25) is 0 Å². The number of carbonyl (C=O) groups is 2. The first-order valence-corrected chi connectivity index (χ1v) is 6.41. The van der Waals surface area contributed by atoms with Crippen LogP contribution < -0.4 is 5.32 Å². The number of nitrogens with one attached hydrogen (secondary N) is 1. The lowest BCUT2D eigenvalue weighted by Crippen LogP contribution is -2.54. The van der Waals surface area contributed by atoms with E-state index in [0.29, 0.717) is 19.1 Å². The van der Waals surface area contributed by atoms with Crippen LogP contribution in [0.15, 0.2) is 0 Å². The second-order valence-corrected chi connectivity index (χ2v) is 5.07. The zero-order chi connectivity index (χ0) is 13.7. The fraction of sp³-hybridized carbons (Fsp3) is 0.833. The maximum Gasteiger partial charge on any atom is 0.317 e. The highest BCUT2D eigenvalue weighted by Crippen LogP contribution is 2.06. The number of hydrogen-bond donors (Lipinski definition) is 2. The topological polar surface area (TPSA) is 72.9 Å². The number of carboxylic acid groups (broad SMARTS) is 1. The molecular formula is C12H23N3O3. The number of rotatable bonds is 4. The van der Waals surface area contributed by atoms with Crippen LogP contribution >= 0.6 is 0 Å². The molecule has 1 unspecified atom stereocenters. The Labute approximate surface area is 108 Å². The third-order valence-corrected chi connectivity index (χ3v) is 3.18. The molecule has 0 spiro atoms. The van der Waals surface area contributed by atoms with Crippen molar-refractivity contribution in [3.63, 3.8) is 0 Å². The summed E-state index contributed by atoms with van der Waals surface area (Å²) in [5.41, 5.74) is 0. The number of aliphatic carboxylic acids is 1. The molecular weight excluding hydrogens is 234 g/mol. The molecule has 6 nitrogen and oxygen atoms in total. The average molecular weight is 257 g/mol.